The van der Waals surface area contributed by atoms with Gasteiger partial charge in [-0.2, -0.15) is 5.10 Å². The molecule has 6 nitrogen and oxygen atoms in total. The van der Waals surface area contributed by atoms with Crippen LogP contribution in [0.2, 0.25) is 0 Å². The molecule has 2 aromatic carbocycles. The summed E-state index contributed by atoms with van der Waals surface area (Å²) in [6, 6.07) is 17.9. The number of hydrogen-bond acceptors (Lipinski definition) is 4. The summed E-state index contributed by atoms with van der Waals surface area (Å²) in [7, 11) is 1.62. The highest BCUT2D eigenvalue weighted by atomic mass is 16.5. The molecule has 4 rings (SSSR count). The Morgan fingerprint density at radius 2 is 1.83 bits per heavy atom. The molecule has 2 heterocycles. The fourth-order valence-corrected chi connectivity index (χ4v) is 3.59. The van der Waals surface area contributed by atoms with Gasteiger partial charge in [0.1, 0.15) is 11.3 Å². The highest BCUT2D eigenvalue weighted by Crippen LogP contribution is 2.20. The standard InChI is InChI=1S/C24H24N4O2/c1-16-21(13-18-8-5-4-6-9-18)17(2)28-23(27-16)22(15-26-28)24(29)25-14-19-10-7-11-20(12-19)30-3/h4-12,15H,13-14H2,1-3H3,(H,25,29). The first-order chi connectivity index (χ1) is 14.6. The minimum atomic E-state index is -0.199. The van der Waals surface area contributed by atoms with Gasteiger partial charge in [0, 0.05) is 24.4 Å². The number of methoxy groups -OCH3 is 1. The molecule has 0 aliphatic rings. The van der Waals surface area contributed by atoms with Crippen LogP contribution in [-0.2, 0) is 13.0 Å². The number of aryl methyl sites for hydroxylation is 2. The first-order valence-corrected chi connectivity index (χ1v) is 9.85. The maximum absolute atomic E-state index is 12.8. The minimum Gasteiger partial charge on any atom is -0.497 e. The molecular formula is C24H24N4O2. The second-order valence-electron chi connectivity index (χ2n) is 7.25. The number of nitrogens with zero attached hydrogens (tertiary/aromatic N) is 3. The van der Waals surface area contributed by atoms with Crippen molar-refractivity contribution in [1.82, 2.24) is 19.9 Å². The van der Waals surface area contributed by atoms with Gasteiger partial charge in [-0.1, -0.05) is 42.5 Å². The summed E-state index contributed by atoms with van der Waals surface area (Å²) in [4.78, 5) is 17.5. The van der Waals surface area contributed by atoms with Gasteiger partial charge in [0.2, 0.25) is 0 Å². The average molecular weight is 400 g/mol. The highest BCUT2D eigenvalue weighted by Gasteiger charge is 2.18. The van der Waals surface area contributed by atoms with Crippen LogP contribution in [-0.4, -0.2) is 27.6 Å². The lowest BCUT2D eigenvalue weighted by atomic mass is 10.0. The summed E-state index contributed by atoms with van der Waals surface area (Å²) >= 11 is 0. The lowest BCUT2D eigenvalue weighted by Gasteiger charge is -2.12. The molecule has 0 unspecified atom stereocenters. The SMILES string of the molecule is COc1cccc(CNC(=O)c2cnn3c(C)c(Cc4ccccc4)c(C)nc23)c1. The third-order valence-corrected chi connectivity index (χ3v) is 5.26. The van der Waals surface area contributed by atoms with Gasteiger partial charge < -0.3 is 10.1 Å². The van der Waals surface area contributed by atoms with E-state index in [1.165, 1.54) is 5.56 Å². The summed E-state index contributed by atoms with van der Waals surface area (Å²) in [5.41, 5.74) is 6.25. The Balaban J connectivity index is 1.58. The van der Waals surface area contributed by atoms with E-state index < -0.39 is 0 Å². The van der Waals surface area contributed by atoms with E-state index in [0.717, 1.165) is 34.7 Å². The van der Waals surface area contributed by atoms with Gasteiger partial charge in [-0.3, -0.25) is 4.79 Å². The van der Waals surface area contributed by atoms with Gasteiger partial charge in [0.15, 0.2) is 5.65 Å². The van der Waals surface area contributed by atoms with Crippen LogP contribution in [0.3, 0.4) is 0 Å². The Kier molecular flexibility index (Phi) is 5.48. The van der Waals surface area contributed by atoms with Crippen LogP contribution in [0.5, 0.6) is 5.75 Å². The molecule has 0 radical (unpaired) electrons. The van der Waals surface area contributed by atoms with Crippen LogP contribution >= 0.6 is 0 Å². The molecule has 0 aliphatic heterocycles. The highest BCUT2D eigenvalue weighted by molar-refractivity contribution is 5.99. The number of hydrogen-bond donors (Lipinski definition) is 1. The number of carbonyl (C=O) groups is 1. The maximum Gasteiger partial charge on any atom is 0.257 e. The normalized spacial score (nSPS) is 10.9. The Morgan fingerprint density at radius 1 is 1.07 bits per heavy atom. The van der Waals surface area contributed by atoms with E-state index in [0.29, 0.717) is 17.8 Å². The molecular weight excluding hydrogens is 376 g/mol. The predicted molar refractivity (Wildman–Crippen MR) is 116 cm³/mol. The summed E-state index contributed by atoms with van der Waals surface area (Å²) < 4.78 is 6.99. The van der Waals surface area contributed by atoms with Crippen molar-refractivity contribution in [2.75, 3.05) is 7.11 Å². The molecule has 0 spiro atoms. The zero-order chi connectivity index (χ0) is 21.1. The van der Waals surface area contributed by atoms with Crippen LogP contribution in [0.4, 0.5) is 0 Å². The quantitative estimate of drug-likeness (QED) is 0.533. The van der Waals surface area contributed by atoms with Gasteiger partial charge >= 0.3 is 0 Å². The van der Waals surface area contributed by atoms with E-state index in [1.807, 2.05) is 56.3 Å². The third-order valence-electron chi connectivity index (χ3n) is 5.26. The Hall–Kier alpha value is -3.67. The zero-order valence-corrected chi connectivity index (χ0v) is 17.3. The van der Waals surface area contributed by atoms with Crippen LogP contribution in [0.1, 0.15) is 38.4 Å². The molecule has 0 fully saturated rings. The first kappa shape index (κ1) is 19.6. The van der Waals surface area contributed by atoms with E-state index in [4.69, 9.17) is 9.72 Å². The lowest BCUT2D eigenvalue weighted by molar-refractivity contribution is 0.0952. The van der Waals surface area contributed by atoms with Gasteiger partial charge in [0.25, 0.3) is 5.91 Å². The number of fused-ring (bicyclic) bond motifs is 1. The fourth-order valence-electron chi connectivity index (χ4n) is 3.59. The second kappa shape index (κ2) is 8.37. The fraction of sp³-hybridized carbons (Fsp3) is 0.208. The summed E-state index contributed by atoms with van der Waals surface area (Å²) in [6.07, 6.45) is 2.36. The van der Waals surface area contributed by atoms with Crippen LogP contribution in [0.15, 0.2) is 60.8 Å². The maximum atomic E-state index is 12.8. The molecule has 0 atom stereocenters. The molecule has 4 aromatic rings. The topological polar surface area (TPSA) is 68.5 Å². The largest absolute Gasteiger partial charge is 0.497 e. The van der Waals surface area contributed by atoms with Crippen molar-refractivity contribution in [1.29, 1.82) is 0 Å². The van der Waals surface area contributed by atoms with Crippen molar-refractivity contribution in [3.05, 3.63) is 94.4 Å². The van der Waals surface area contributed by atoms with Crippen molar-refractivity contribution in [3.8, 4) is 5.75 Å². The molecule has 6 heteroatoms. The van der Waals surface area contributed by atoms with E-state index in [-0.39, 0.29) is 5.91 Å². The van der Waals surface area contributed by atoms with Crippen LogP contribution < -0.4 is 10.1 Å². The van der Waals surface area contributed by atoms with E-state index in [2.05, 4.69) is 22.5 Å². The number of aromatic nitrogens is 3. The zero-order valence-electron chi connectivity index (χ0n) is 17.3. The van der Waals surface area contributed by atoms with E-state index >= 15 is 0 Å². The Bertz CT molecular complexity index is 1200. The smallest absolute Gasteiger partial charge is 0.257 e. The van der Waals surface area contributed by atoms with E-state index in [1.54, 1.807) is 17.8 Å². The Morgan fingerprint density at radius 3 is 2.60 bits per heavy atom. The molecule has 0 saturated carbocycles. The molecule has 1 N–H and O–H groups in total. The number of benzene rings is 2. The summed E-state index contributed by atoms with van der Waals surface area (Å²) in [6.45, 7) is 4.40. The number of nitrogens with one attached hydrogen (secondary N) is 1. The number of rotatable bonds is 6. The third kappa shape index (κ3) is 3.89. The monoisotopic (exact) mass is 400 g/mol. The molecule has 0 saturated heterocycles. The number of amides is 1. The summed E-state index contributed by atoms with van der Waals surface area (Å²) in [5.74, 6) is 0.562. The van der Waals surface area contributed by atoms with Crippen molar-refractivity contribution in [2.45, 2.75) is 26.8 Å². The molecule has 0 bridgehead atoms. The van der Waals surface area contributed by atoms with Crippen molar-refractivity contribution < 1.29 is 9.53 Å². The van der Waals surface area contributed by atoms with Crippen molar-refractivity contribution in [2.24, 2.45) is 0 Å². The van der Waals surface area contributed by atoms with E-state index in [9.17, 15) is 4.79 Å². The molecule has 152 valence electrons. The van der Waals surface area contributed by atoms with Crippen molar-refractivity contribution in [3.63, 3.8) is 0 Å². The summed E-state index contributed by atoms with van der Waals surface area (Å²) in [5, 5.41) is 7.39. The van der Waals surface area contributed by atoms with Crippen LogP contribution in [0, 0.1) is 13.8 Å². The number of carbonyl (C=O) groups excluding carboxylic acids is 1. The van der Waals surface area contributed by atoms with Crippen LogP contribution in [0.25, 0.3) is 5.65 Å². The lowest BCUT2D eigenvalue weighted by Crippen LogP contribution is -2.23. The minimum absolute atomic E-state index is 0.199. The second-order valence-corrected chi connectivity index (χ2v) is 7.25. The molecule has 2 aromatic heterocycles. The number of ether oxygens (including phenoxy) is 1. The predicted octanol–water partition coefficient (Wildman–Crippen LogP) is 3.88. The average Bonchev–Trinajstić information content (AvgIpc) is 3.20. The van der Waals surface area contributed by atoms with Gasteiger partial charge in [-0.05, 0) is 42.7 Å². The van der Waals surface area contributed by atoms with Gasteiger partial charge in [0.05, 0.1) is 13.3 Å². The van der Waals surface area contributed by atoms with Gasteiger partial charge in [-0.25, -0.2) is 9.50 Å². The molecule has 30 heavy (non-hydrogen) atoms. The molecule has 0 aliphatic carbocycles. The Labute approximate surface area is 175 Å². The van der Waals surface area contributed by atoms with Gasteiger partial charge in [-0.15, -0.1) is 0 Å². The molecule has 1 amide bonds. The first-order valence-electron chi connectivity index (χ1n) is 9.85. The van der Waals surface area contributed by atoms with Crippen molar-refractivity contribution >= 4 is 11.6 Å².